The van der Waals surface area contributed by atoms with Gasteiger partial charge in [0.15, 0.2) is 0 Å². The number of hydrogen-bond donors (Lipinski definition) is 0. The van der Waals surface area contributed by atoms with Crippen molar-refractivity contribution in [2.45, 2.75) is 12.6 Å². The van der Waals surface area contributed by atoms with Gasteiger partial charge in [-0.3, -0.25) is 14.9 Å². The van der Waals surface area contributed by atoms with Crippen LogP contribution < -0.4 is 0 Å². The highest BCUT2D eigenvalue weighted by atomic mass is 19.4. The van der Waals surface area contributed by atoms with Gasteiger partial charge in [0.05, 0.1) is 4.92 Å². The molecule has 0 bridgehead atoms. The van der Waals surface area contributed by atoms with Crippen molar-refractivity contribution in [2.75, 3.05) is 0 Å². The third kappa shape index (κ3) is 2.78. The maximum Gasteiger partial charge on any atom is 0.450 e. The number of nitrogens with zero attached hydrogens (tertiary/aromatic N) is 1. The number of halogens is 3. The van der Waals surface area contributed by atoms with Crippen molar-refractivity contribution in [3.05, 3.63) is 39.9 Å². The fourth-order valence-electron chi connectivity index (χ4n) is 1.11. The lowest BCUT2D eigenvalue weighted by Gasteiger charge is -2.05. The minimum Gasteiger partial charge on any atom is -0.289 e. The summed E-state index contributed by atoms with van der Waals surface area (Å²) in [5.74, 6) is -2.00. The van der Waals surface area contributed by atoms with E-state index >= 15 is 0 Å². The normalized spacial score (nSPS) is 11.2. The summed E-state index contributed by atoms with van der Waals surface area (Å²) >= 11 is 0. The minimum absolute atomic E-state index is 0.241. The molecule has 86 valence electrons. The van der Waals surface area contributed by atoms with Gasteiger partial charge < -0.3 is 0 Å². The largest absolute Gasteiger partial charge is 0.450 e. The Morgan fingerprint density at radius 1 is 1.31 bits per heavy atom. The van der Waals surface area contributed by atoms with Crippen LogP contribution in [0.3, 0.4) is 0 Å². The van der Waals surface area contributed by atoms with E-state index in [1.165, 1.54) is 12.1 Å². The van der Waals surface area contributed by atoms with Gasteiger partial charge >= 0.3 is 6.18 Å². The summed E-state index contributed by atoms with van der Waals surface area (Å²) in [6.45, 7) is 0. The highest BCUT2D eigenvalue weighted by molar-refractivity contribution is 5.86. The Kier molecular flexibility index (Phi) is 3.26. The Morgan fingerprint density at radius 2 is 1.88 bits per heavy atom. The van der Waals surface area contributed by atoms with Crippen LogP contribution in [0.5, 0.6) is 0 Å². The Balaban J connectivity index is 2.98. The molecule has 1 rings (SSSR count). The molecule has 0 heterocycles. The molecule has 0 aliphatic rings. The third-order valence-electron chi connectivity index (χ3n) is 1.86. The summed E-state index contributed by atoms with van der Waals surface area (Å²) in [5.41, 5.74) is -0.727. The summed E-state index contributed by atoms with van der Waals surface area (Å²) in [6.07, 6.45) is -5.98. The van der Waals surface area contributed by atoms with E-state index in [0.29, 0.717) is 0 Å². The van der Waals surface area contributed by atoms with E-state index in [2.05, 4.69) is 0 Å². The molecule has 0 fully saturated rings. The summed E-state index contributed by atoms with van der Waals surface area (Å²) in [4.78, 5) is 20.3. The van der Waals surface area contributed by atoms with E-state index in [4.69, 9.17) is 0 Å². The van der Waals surface area contributed by atoms with Crippen LogP contribution in [-0.4, -0.2) is 16.9 Å². The number of carbonyl (C=O) groups is 1. The van der Waals surface area contributed by atoms with Crippen molar-refractivity contribution in [3.8, 4) is 0 Å². The Morgan fingerprint density at radius 3 is 2.38 bits per heavy atom. The summed E-state index contributed by atoms with van der Waals surface area (Å²) in [5, 5.41) is 10.5. The van der Waals surface area contributed by atoms with Crippen molar-refractivity contribution in [3.63, 3.8) is 0 Å². The number of hydrogen-bond acceptors (Lipinski definition) is 3. The highest BCUT2D eigenvalue weighted by Gasteiger charge is 2.38. The van der Waals surface area contributed by atoms with Crippen molar-refractivity contribution in [1.29, 1.82) is 0 Å². The monoisotopic (exact) mass is 233 g/mol. The maximum absolute atomic E-state index is 11.9. The molecule has 0 aliphatic carbocycles. The molecule has 16 heavy (non-hydrogen) atoms. The second-order valence-electron chi connectivity index (χ2n) is 2.98. The average Bonchev–Trinajstić information content (AvgIpc) is 2.16. The molecule has 0 atom stereocenters. The van der Waals surface area contributed by atoms with Crippen LogP contribution in [-0.2, 0) is 11.2 Å². The number of benzene rings is 1. The molecule has 1 aromatic rings. The molecular weight excluding hydrogens is 227 g/mol. The van der Waals surface area contributed by atoms with E-state index < -0.39 is 29.0 Å². The molecule has 0 aliphatic heterocycles. The standard InChI is InChI=1S/C9H6F3NO3/c10-9(11,12)8(14)5-6-3-1-2-4-7(6)13(15)16/h1-4H,5H2. The highest BCUT2D eigenvalue weighted by Crippen LogP contribution is 2.23. The van der Waals surface area contributed by atoms with Crippen LogP contribution >= 0.6 is 0 Å². The first-order valence-electron chi connectivity index (χ1n) is 4.14. The molecule has 4 nitrogen and oxygen atoms in total. The van der Waals surface area contributed by atoms with Gasteiger partial charge in [-0.25, -0.2) is 0 Å². The predicted molar refractivity (Wildman–Crippen MR) is 47.9 cm³/mol. The number of carbonyl (C=O) groups excluding carboxylic acids is 1. The number of nitro groups is 1. The molecule has 0 saturated carbocycles. The number of rotatable bonds is 3. The average molecular weight is 233 g/mol. The van der Waals surface area contributed by atoms with E-state index in [9.17, 15) is 28.1 Å². The number of alkyl halides is 3. The van der Waals surface area contributed by atoms with Gasteiger partial charge in [-0.1, -0.05) is 18.2 Å². The first-order chi connectivity index (χ1) is 7.32. The van der Waals surface area contributed by atoms with Gasteiger partial charge in [0, 0.05) is 18.1 Å². The first kappa shape index (κ1) is 12.2. The van der Waals surface area contributed by atoms with E-state index in [-0.39, 0.29) is 5.56 Å². The molecule has 0 aromatic heterocycles. The van der Waals surface area contributed by atoms with Crippen molar-refractivity contribution < 1.29 is 22.9 Å². The van der Waals surface area contributed by atoms with Gasteiger partial charge in [-0.2, -0.15) is 13.2 Å². The molecule has 1 aromatic carbocycles. The Hall–Kier alpha value is -1.92. The summed E-state index contributed by atoms with van der Waals surface area (Å²) < 4.78 is 35.8. The van der Waals surface area contributed by atoms with Crippen molar-refractivity contribution >= 4 is 11.5 Å². The SMILES string of the molecule is O=C(Cc1ccccc1[N+](=O)[O-])C(F)(F)F. The predicted octanol–water partition coefficient (Wildman–Crippen LogP) is 2.27. The van der Waals surface area contributed by atoms with Gasteiger partial charge in [-0.15, -0.1) is 0 Å². The van der Waals surface area contributed by atoms with Crippen molar-refractivity contribution in [1.82, 2.24) is 0 Å². The lowest BCUT2D eigenvalue weighted by atomic mass is 10.1. The van der Waals surface area contributed by atoms with E-state index in [0.717, 1.165) is 12.1 Å². The Bertz CT molecular complexity index is 428. The molecule has 0 saturated heterocycles. The molecule has 0 radical (unpaired) electrons. The third-order valence-corrected chi connectivity index (χ3v) is 1.86. The molecule has 0 unspecified atom stereocenters. The van der Waals surface area contributed by atoms with E-state index in [1.54, 1.807) is 0 Å². The summed E-state index contributed by atoms with van der Waals surface area (Å²) in [6, 6.07) is 4.84. The number of nitro benzene ring substituents is 1. The Labute approximate surface area is 87.8 Å². The lowest BCUT2D eigenvalue weighted by molar-refractivity contribution is -0.385. The number of ketones is 1. The van der Waals surface area contributed by atoms with Gasteiger partial charge in [0.25, 0.3) is 5.69 Å². The van der Waals surface area contributed by atoms with E-state index in [1.807, 2.05) is 0 Å². The topological polar surface area (TPSA) is 60.2 Å². The van der Waals surface area contributed by atoms with Crippen LogP contribution in [0.25, 0.3) is 0 Å². The zero-order chi connectivity index (χ0) is 12.3. The van der Waals surface area contributed by atoms with Crippen LogP contribution in [0.4, 0.5) is 18.9 Å². The second kappa shape index (κ2) is 4.30. The molecule has 0 N–H and O–H groups in total. The minimum atomic E-state index is -4.97. The first-order valence-corrected chi connectivity index (χ1v) is 4.14. The van der Waals surface area contributed by atoms with Crippen molar-refractivity contribution in [2.24, 2.45) is 0 Å². The molecule has 0 amide bonds. The second-order valence-corrected chi connectivity index (χ2v) is 2.98. The fraction of sp³-hybridized carbons (Fsp3) is 0.222. The number of para-hydroxylation sites is 1. The fourth-order valence-corrected chi connectivity index (χ4v) is 1.11. The molecule has 7 heteroatoms. The smallest absolute Gasteiger partial charge is 0.289 e. The van der Waals surface area contributed by atoms with Gasteiger partial charge in [-0.05, 0) is 0 Å². The van der Waals surface area contributed by atoms with Crippen LogP contribution in [0.15, 0.2) is 24.3 Å². The zero-order valence-corrected chi connectivity index (χ0v) is 7.82. The van der Waals surface area contributed by atoms with Crippen LogP contribution in [0.1, 0.15) is 5.56 Å². The lowest BCUT2D eigenvalue weighted by Crippen LogP contribution is -2.24. The maximum atomic E-state index is 11.9. The quantitative estimate of drug-likeness (QED) is 0.594. The molecular formula is C9H6F3NO3. The van der Waals surface area contributed by atoms with Crippen LogP contribution in [0, 0.1) is 10.1 Å². The van der Waals surface area contributed by atoms with Crippen LogP contribution in [0.2, 0.25) is 0 Å². The summed E-state index contributed by atoms with van der Waals surface area (Å²) in [7, 11) is 0. The van der Waals surface area contributed by atoms with Gasteiger partial charge in [0.2, 0.25) is 5.78 Å². The van der Waals surface area contributed by atoms with Gasteiger partial charge in [0.1, 0.15) is 0 Å². The number of Topliss-reactive ketones (excluding diaryl/α,β-unsaturated/α-hetero) is 1. The molecule has 0 spiro atoms. The zero-order valence-electron chi connectivity index (χ0n) is 7.82.